The number of hydrogen-bond donors (Lipinski definition) is 2. The zero-order valence-corrected chi connectivity index (χ0v) is 11.5. The van der Waals surface area contributed by atoms with E-state index in [-0.39, 0.29) is 11.1 Å². The Morgan fingerprint density at radius 3 is 2.83 bits per heavy atom. The third-order valence-electron chi connectivity index (χ3n) is 2.13. The summed E-state index contributed by atoms with van der Waals surface area (Å²) in [4.78, 5) is 32.4. The predicted octanol–water partition coefficient (Wildman–Crippen LogP) is 0.315. The highest BCUT2D eigenvalue weighted by Gasteiger charge is 2.31. The molecule has 0 spiro atoms. The van der Waals surface area contributed by atoms with Crippen molar-refractivity contribution in [2.75, 3.05) is 17.3 Å². The van der Waals surface area contributed by atoms with E-state index in [0.29, 0.717) is 11.5 Å². The largest absolute Gasteiger partial charge is 0.481 e. The average molecular weight is 293 g/mol. The standard InChI is InChI=1S/C10H15NO5S2/c1-6(12)16-10(15)7-4-18-8(11-7)2-3-17-5-9(13)14/h7-8,11H,2-5H2,1H3,(H,13,14). The molecule has 2 atom stereocenters. The lowest BCUT2D eigenvalue weighted by molar-refractivity contribution is -0.159. The van der Waals surface area contributed by atoms with Crippen LogP contribution in [0.2, 0.25) is 0 Å². The SMILES string of the molecule is CC(=O)OC(=O)C1CSC(CCSCC(=O)O)N1. The zero-order chi connectivity index (χ0) is 13.5. The molecule has 2 N–H and O–H groups in total. The Kier molecular flexibility index (Phi) is 6.51. The minimum absolute atomic E-state index is 0.0905. The Bertz CT molecular complexity index is 336. The highest BCUT2D eigenvalue weighted by Crippen LogP contribution is 2.23. The van der Waals surface area contributed by atoms with E-state index in [2.05, 4.69) is 10.1 Å². The first kappa shape index (κ1) is 15.3. The minimum Gasteiger partial charge on any atom is -0.481 e. The Balaban J connectivity index is 2.18. The number of rotatable bonds is 6. The van der Waals surface area contributed by atoms with Gasteiger partial charge in [0.25, 0.3) is 0 Å². The average Bonchev–Trinajstić information content (AvgIpc) is 2.72. The van der Waals surface area contributed by atoms with Crippen LogP contribution in [0.1, 0.15) is 13.3 Å². The van der Waals surface area contributed by atoms with Crippen LogP contribution in [0, 0.1) is 0 Å². The molecule has 1 aliphatic rings. The van der Waals surface area contributed by atoms with Crippen molar-refractivity contribution >= 4 is 41.4 Å². The van der Waals surface area contributed by atoms with Crippen molar-refractivity contribution < 1.29 is 24.2 Å². The number of thioether (sulfide) groups is 2. The number of nitrogens with one attached hydrogen (secondary N) is 1. The van der Waals surface area contributed by atoms with Gasteiger partial charge in [0.05, 0.1) is 11.1 Å². The number of carbonyl (C=O) groups is 3. The van der Waals surface area contributed by atoms with Gasteiger partial charge in [-0.2, -0.15) is 11.8 Å². The number of ether oxygens (including phenoxy) is 1. The number of esters is 2. The topological polar surface area (TPSA) is 92.7 Å². The van der Waals surface area contributed by atoms with Crippen molar-refractivity contribution in [1.29, 1.82) is 0 Å². The Morgan fingerprint density at radius 2 is 2.22 bits per heavy atom. The van der Waals surface area contributed by atoms with Gasteiger partial charge in [-0.3, -0.25) is 14.9 Å². The summed E-state index contributed by atoms with van der Waals surface area (Å²) in [6.07, 6.45) is 0.770. The van der Waals surface area contributed by atoms with Gasteiger partial charge in [-0.25, -0.2) is 4.79 Å². The number of carboxylic acids is 1. The van der Waals surface area contributed by atoms with Gasteiger partial charge in [-0.05, 0) is 12.2 Å². The van der Waals surface area contributed by atoms with Crippen molar-refractivity contribution in [2.24, 2.45) is 0 Å². The molecule has 1 fully saturated rings. The van der Waals surface area contributed by atoms with Gasteiger partial charge in [0.1, 0.15) is 6.04 Å². The lowest BCUT2D eigenvalue weighted by Gasteiger charge is -2.11. The van der Waals surface area contributed by atoms with Gasteiger partial charge in [0, 0.05) is 12.7 Å². The molecule has 0 aromatic carbocycles. The van der Waals surface area contributed by atoms with Gasteiger partial charge < -0.3 is 9.84 Å². The Labute approximate surface area is 113 Å². The molecule has 6 nitrogen and oxygen atoms in total. The fraction of sp³-hybridized carbons (Fsp3) is 0.700. The molecule has 8 heteroatoms. The molecule has 1 aliphatic heterocycles. The quantitative estimate of drug-likeness (QED) is 0.411. The number of carboxylic acid groups (broad SMARTS) is 1. The van der Waals surface area contributed by atoms with E-state index in [9.17, 15) is 14.4 Å². The molecular weight excluding hydrogens is 278 g/mol. The second kappa shape index (κ2) is 7.65. The first-order chi connectivity index (χ1) is 8.49. The zero-order valence-electron chi connectivity index (χ0n) is 9.88. The molecule has 0 radical (unpaired) electrons. The van der Waals surface area contributed by atoms with Crippen LogP contribution < -0.4 is 5.32 Å². The molecule has 1 rings (SSSR count). The lowest BCUT2D eigenvalue weighted by atomic mass is 10.3. The summed E-state index contributed by atoms with van der Waals surface area (Å²) in [6, 6.07) is -0.451. The molecule has 18 heavy (non-hydrogen) atoms. The number of aliphatic carboxylic acids is 1. The molecule has 0 amide bonds. The van der Waals surface area contributed by atoms with Crippen LogP contribution in [-0.4, -0.2) is 51.7 Å². The van der Waals surface area contributed by atoms with E-state index in [4.69, 9.17) is 5.11 Å². The van der Waals surface area contributed by atoms with Crippen LogP contribution in [-0.2, 0) is 19.1 Å². The van der Waals surface area contributed by atoms with Gasteiger partial charge in [0.15, 0.2) is 0 Å². The van der Waals surface area contributed by atoms with E-state index in [1.54, 1.807) is 11.8 Å². The summed E-state index contributed by atoms with van der Waals surface area (Å²) < 4.78 is 4.50. The third kappa shape index (κ3) is 5.74. The maximum absolute atomic E-state index is 11.4. The van der Waals surface area contributed by atoms with Crippen LogP contribution in [0.15, 0.2) is 0 Å². The van der Waals surface area contributed by atoms with E-state index in [1.807, 2.05) is 0 Å². The van der Waals surface area contributed by atoms with E-state index in [0.717, 1.165) is 6.42 Å². The maximum atomic E-state index is 11.4. The highest BCUT2D eigenvalue weighted by molar-refractivity contribution is 8.00. The first-order valence-corrected chi connectivity index (χ1v) is 7.59. The van der Waals surface area contributed by atoms with E-state index < -0.39 is 23.9 Å². The van der Waals surface area contributed by atoms with Crippen molar-refractivity contribution in [2.45, 2.75) is 24.8 Å². The van der Waals surface area contributed by atoms with Crippen LogP contribution in [0.25, 0.3) is 0 Å². The normalized spacial score (nSPS) is 22.7. The van der Waals surface area contributed by atoms with Gasteiger partial charge in [-0.15, -0.1) is 11.8 Å². The smallest absolute Gasteiger partial charge is 0.331 e. The summed E-state index contributed by atoms with van der Waals surface area (Å²) in [5.41, 5.74) is 0. The van der Waals surface area contributed by atoms with Crippen molar-refractivity contribution in [3.63, 3.8) is 0 Å². The monoisotopic (exact) mass is 293 g/mol. The van der Waals surface area contributed by atoms with Crippen LogP contribution in [0.3, 0.4) is 0 Å². The maximum Gasteiger partial charge on any atom is 0.331 e. The fourth-order valence-electron chi connectivity index (χ4n) is 1.40. The predicted molar refractivity (Wildman–Crippen MR) is 69.5 cm³/mol. The van der Waals surface area contributed by atoms with Gasteiger partial charge in [-0.1, -0.05) is 0 Å². The fourth-order valence-corrected chi connectivity index (χ4v) is 3.47. The van der Waals surface area contributed by atoms with Gasteiger partial charge >= 0.3 is 17.9 Å². The molecule has 0 aromatic heterocycles. The Morgan fingerprint density at radius 1 is 1.50 bits per heavy atom. The molecule has 0 bridgehead atoms. The third-order valence-corrected chi connectivity index (χ3v) is 4.41. The van der Waals surface area contributed by atoms with E-state index >= 15 is 0 Å². The molecular formula is C10H15NO5S2. The van der Waals surface area contributed by atoms with Crippen LogP contribution in [0.4, 0.5) is 0 Å². The molecule has 2 unspecified atom stereocenters. The number of carbonyl (C=O) groups excluding carboxylic acids is 2. The second-order valence-electron chi connectivity index (χ2n) is 3.69. The summed E-state index contributed by atoms with van der Waals surface area (Å²) in [5.74, 6) is -0.600. The molecule has 0 aromatic rings. The first-order valence-electron chi connectivity index (χ1n) is 5.38. The number of hydrogen-bond acceptors (Lipinski definition) is 7. The van der Waals surface area contributed by atoms with Crippen molar-refractivity contribution in [3.8, 4) is 0 Å². The van der Waals surface area contributed by atoms with Crippen molar-refractivity contribution in [1.82, 2.24) is 5.32 Å². The summed E-state index contributed by atoms with van der Waals surface area (Å²) in [7, 11) is 0. The lowest BCUT2D eigenvalue weighted by Crippen LogP contribution is -2.38. The molecule has 0 saturated carbocycles. The minimum atomic E-state index is -0.824. The van der Waals surface area contributed by atoms with Crippen molar-refractivity contribution in [3.05, 3.63) is 0 Å². The Hall–Kier alpha value is -0.730. The second-order valence-corrected chi connectivity index (χ2v) is 6.03. The molecule has 1 heterocycles. The molecule has 0 aliphatic carbocycles. The highest BCUT2D eigenvalue weighted by atomic mass is 32.2. The molecule has 102 valence electrons. The van der Waals surface area contributed by atoms with E-state index in [1.165, 1.54) is 18.7 Å². The molecule has 1 saturated heterocycles. The van der Waals surface area contributed by atoms with Crippen LogP contribution >= 0.6 is 23.5 Å². The van der Waals surface area contributed by atoms with Gasteiger partial charge in [0.2, 0.25) is 0 Å². The summed E-state index contributed by atoms with van der Waals surface area (Å²) in [6.45, 7) is 1.19. The summed E-state index contributed by atoms with van der Waals surface area (Å²) in [5, 5.41) is 11.6. The van der Waals surface area contributed by atoms with Crippen LogP contribution in [0.5, 0.6) is 0 Å². The summed E-state index contributed by atoms with van der Waals surface area (Å²) >= 11 is 2.93.